The fourth-order valence-electron chi connectivity index (χ4n) is 5.14. The molecule has 0 aliphatic carbocycles. The van der Waals surface area contributed by atoms with Crippen molar-refractivity contribution in [2.24, 2.45) is 0 Å². The van der Waals surface area contributed by atoms with Crippen LogP contribution in [0.5, 0.6) is 0 Å². The van der Waals surface area contributed by atoms with Gasteiger partial charge in [0.05, 0.1) is 12.6 Å². The van der Waals surface area contributed by atoms with Crippen molar-refractivity contribution in [2.45, 2.75) is 44.5 Å². The number of fused-ring (bicyclic) bond motifs is 2. The van der Waals surface area contributed by atoms with Crippen LogP contribution in [0.25, 0.3) is 0 Å². The van der Waals surface area contributed by atoms with E-state index in [1.54, 1.807) is 12.1 Å². The smallest absolute Gasteiger partial charge is 0.257 e. The number of hydrogen-bond acceptors (Lipinski definition) is 5. The fourth-order valence-corrected chi connectivity index (χ4v) is 5.14. The van der Waals surface area contributed by atoms with E-state index in [-0.39, 0.29) is 35.8 Å². The minimum Gasteiger partial charge on any atom is -0.361 e. The molecule has 1 saturated heterocycles. The summed E-state index contributed by atoms with van der Waals surface area (Å²) in [6.45, 7) is 2.52. The molecule has 7 nitrogen and oxygen atoms in total. The van der Waals surface area contributed by atoms with Crippen molar-refractivity contribution in [1.82, 2.24) is 14.8 Å². The van der Waals surface area contributed by atoms with Gasteiger partial charge in [-0.05, 0) is 37.0 Å². The van der Waals surface area contributed by atoms with E-state index in [1.807, 2.05) is 4.57 Å². The average Bonchev–Trinajstić information content (AvgIpc) is 3.13. The van der Waals surface area contributed by atoms with Crippen molar-refractivity contribution < 1.29 is 13.9 Å². The third-order valence-electron chi connectivity index (χ3n) is 6.53. The van der Waals surface area contributed by atoms with Gasteiger partial charge in [0.25, 0.3) is 5.91 Å². The van der Waals surface area contributed by atoms with E-state index in [2.05, 4.69) is 16.3 Å². The molecule has 2 atom stereocenters. The molecule has 1 aromatic carbocycles. The number of nitrogens with one attached hydrogen (secondary N) is 1. The third kappa shape index (κ3) is 3.34. The van der Waals surface area contributed by atoms with Gasteiger partial charge in [0.2, 0.25) is 5.43 Å². The zero-order valence-electron chi connectivity index (χ0n) is 17.1. The van der Waals surface area contributed by atoms with Gasteiger partial charge in [0.1, 0.15) is 29.2 Å². The van der Waals surface area contributed by atoms with Crippen LogP contribution in [0.1, 0.15) is 51.8 Å². The number of halogens is 1. The molecule has 0 bridgehead atoms. The zero-order chi connectivity index (χ0) is 21.5. The second-order valence-electron chi connectivity index (χ2n) is 8.27. The molecule has 0 spiro atoms. The van der Waals surface area contributed by atoms with Crippen LogP contribution in [0.4, 0.5) is 4.39 Å². The highest BCUT2D eigenvalue weighted by Crippen LogP contribution is 2.38. The van der Waals surface area contributed by atoms with Crippen LogP contribution < -0.4 is 10.7 Å². The Kier molecular flexibility index (Phi) is 5.08. The number of nitriles is 1. The Morgan fingerprint density at radius 1 is 1.23 bits per heavy atom. The Balaban J connectivity index is 1.53. The number of nitrogens with zero attached hydrogens (tertiary/aromatic N) is 3. The van der Waals surface area contributed by atoms with Crippen molar-refractivity contribution in [1.29, 1.82) is 5.26 Å². The van der Waals surface area contributed by atoms with Crippen LogP contribution in [0, 0.1) is 17.1 Å². The minimum absolute atomic E-state index is 0.0100. The molecule has 0 radical (unpaired) electrons. The van der Waals surface area contributed by atoms with Crippen LogP contribution in [0.3, 0.4) is 0 Å². The summed E-state index contributed by atoms with van der Waals surface area (Å²) in [5.74, 6) is -0.849. The molecule has 3 aliphatic heterocycles. The van der Waals surface area contributed by atoms with Crippen molar-refractivity contribution in [3.8, 4) is 6.07 Å². The summed E-state index contributed by atoms with van der Waals surface area (Å²) >= 11 is 0. The fraction of sp³-hybridized carbons (Fsp3) is 0.435. The Hall–Kier alpha value is -3.02. The molecule has 3 aliphatic rings. The van der Waals surface area contributed by atoms with Gasteiger partial charge in [0, 0.05) is 37.4 Å². The number of aromatic nitrogens is 1. The Bertz CT molecular complexity index is 1140. The summed E-state index contributed by atoms with van der Waals surface area (Å²) < 4.78 is 21.3. The number of hydrogen-bond donors (Lipinski definition) is 1. The second-order valence-corrected chi connectivity index (χ2v) is 8.27. The van der Waals surface area contributed by atoms with Crippen molar-refractivity contribution in [2.75, 3.05) is 19.7 Å². The quantitative estimate of drug-likeness (QED) is 0.816. The Morgan fingerprint density at radius 3 is 2.81 bits per heavy atom. The van der Waals surface area contributed by atoms with Gasteiger partial charge in [-0.15, -0.1) is 0 Å². The van der Waals surface area contributed by atoms with E-state index in [1.165, 1.54) is 12.1 Å². The maximum Gasteiger partial charge on any atom is 0.257 e. The molecule has 0 saturated carbocycles. The molecule has 1 aromatic heterocycles. The molecule has 160 valence electrons. The van der Waals surface area contributed by atoms with Crippen LogP contribution in [0.2, 0.25) is 0 Å². The first-order valence-corrected chi connectivity index (χ1v) is 10.7. The standard InChI is InChI=1S/C23H23FN4O3/c24-15-4-2-14(3-5-15)13-26-22(30)20-18-6-7-19-23-27(9-1-11-31-23)10-8-17(28(18)19)16(12-25)21(20)29/h2-5,19,23H,1,6-11,13H2,(H,26,30). The van der Waals surface area contributed by atoms with Crippen LogP contribution in [-0.4, -0.2) is 41.3 Å². The normalized spacial score (nSPS) is 22.2. The number of benzene rings is 1. The number of pyridine rings is 1. The number of rotatable bonds is 3. The van der Waals surface area contributed by atoms with E-state index < -0.39 is 11.3 Å². The molecule has 1 fully saturated rings. The van der Waals surface area contributed by atoms with E-state index in [0.29, 0.717) is 25.1 Å². The van der Waals surface area contributed by atoms with E-state index in [9.17, 15) is 19.2 Å². The lowest BCUT2D eigenvalue weighted by Gasteiger charge is -2.37. The summed E-state index contributed by atoms with van der Waals surface area (Å²) in [7, 11) is 0. The predicted octanol–water partition coefficient (Wildman–Crippen LogP) is 1.88. The van der Waals surface area contributed by atoms with Gasteiger partial charge in [-0.3, -0.25) is 14.5 Å². The van der Waals surface area contributed by atoms with Gasteiger partial charge >= 0.3 is 0 Å². The predicted molar refractivity (Wildman–Crippen MR) is 110 cm³/mol. The Labute approximate surface area is 179 Å². The average molecular weight is 422 g/mol. The van der Waals surface area contributed by atoms with Gasteiger partial charge in [-0.25, -0.2) is 4.39 Å². The second kappa shape index (κ2) is 7.91. The first-order valence-electron chi connectivity index (χ1n) is 10.7. The summed E-state index contributed by atoms with van der Waals surface area (Å²) in [5.41, 5.74) is 1.75. The number of carbonyl (C=O) groups is 1. The molecule has 31 heavy (non-hydrogen) atoms. The monoisotopic (exact) mass is 422 g/mol. The number of amides is 1. The SMILES string of the molecule is N#Cc1c2n3c(c(C(=O)NCc4ccc(F)cc4)c1=O)CCC3C1OCCCN1CC2. The van der Waals surface area contributed by atoms with Gasteiger partial charge in [-0.1, -0.05) is 12.1 Å². The number of carbonyl (C=O) groups excluding carboxylic acids is 1. The molecule has 4 heterocycles. The number of ether oxygens (including phenoxy) is 1. The highest BCUT2D eigenvalue weighted by Gasteiger charge is 2.42. The molecule has 1 N–H and O–H groups in total. The summed E-state index contributed by atoms with van der Waals surface area (Å²) in [6.07, 6.45) is 2.80. The summed E-state index contributed by atoms with van der Waals surface area (Å²) in [4.78, 5) is 28.6. The van der Waals surface area contributed by atoms with Gasteiger partial charge < -0.3 is 14.6 Å². The maximum absolute atomic E-state index is 13.2. The highest BCUT2D eigenvalue weighted by molar-refractivity contribution is 5.95. The van der Waals surface area contributed by atoms with Gasteiger partial charge in [0.15, 0.2) is 0 Å². The van der Waals surface area contributed by atoms with E-state index in [0.717, 1.165) is 37.2 Å². The lowest BCUT2D eigenvalue weighted by atomic mass is 10.0. The lowest BCUT2D eigenvalue weighted by Crippen LogP contribution is -2.46. The Morgan fingerprint density at radius 2 is 2.03 bits per heavy atom. The third-order valence-corrected chi connectivity index (χ3v) is 6.53. The molecule has 2 unspecified atom stereocenters. The molecular weight excluding hydrogens is 399 g/mol. The topological polar surface area (TPSA) is 87.4 Å². The van der Waals surface area contributed by atoms with Crippen LogP contribution in [0.15, 0.2) is 29.1 Å². The maximum atomic E-state index is 13.2. The lowest BCUT2D eigenvalue weighted by molar-refractivity contribution is -0.115. The van der Waals surface area contributed by atoms with Crippen molar-refractivity contribution in [3.05, 3.63) is 68.4 Å². The van der Waals surface area contributed by atoms with E-state index in [4.69, 9.17) is 4.74 Å². The summed E-state index contributed by atoms with van der Waals surface area (Å²) in [5, 5.41) is 12.6. The molecule has 2 aromatic rings. The molecular formula is C23H23FN4O3. The first kappa shape index (κ1) is 19.9. The molecule has 8 heteroatoms. The largest absolute Gasteiger partial charge is 0.361 e. The van der Waals surface area contributed by atoms with Crippen molar-refractivity contribution in [3.63, 3.8) is 0 Å². The zero-order valence-corrected chi connectivity index (χ0v) is 17.1. The van der Waals surface area contributed by atoms with E-state index >= 15 is 0 Å². The van der Waals surface area contributed by atoms with Crippen molar-refractivity contribution >= 4 is 5.91 Å². The summed E-state index contributed by atoms with van der Waals surface area (Å²) in [6, 6.07) is 7.89. The molecule has 1 amide bonds. The highest BCUT2D eigenvalue weighted by atomic mass is 19.1. The minimum atomic E-state index is -0.498. The van der Waals surface area contributed by atoms with Crippen LogP contribution >= 0.6 is 0 Å². The first-order chi connectivity index (χ1) is 15.1. The molecule has 5 rings (SSSR count). The van der Waals surface area contributed by atoms with Crippen LogP contribution in [-0.2, 0) is 24.1 Å². The van der Waals surface area contributed by atoms with Gasteiger partial charge in [-0.2, -0.15) is 5.26 Å².